The van der Waals surface area contributed by atoms with E-state index in [2.05, 4.69) is 5.32 Å². The Morgan fingerprint density at radius 3 is 2.44 bits per heavy atom. The van der Waals surface area contributed by atoms with E-state index in [4.69, 9.17) is 11.6 Å². The van der Waals surface area contributed by atoms with Crippen LogP contribution in [0.1, 0.15) is 20.7 Å². The fraction of sp³-hybridized carbons (Fsp3) is 0.0476. The maximum absolute atomic E-state index is 13.0. The zero-order valence-corrected chi connectivity index (χ0v) is 15.7. The highest BCUT2D eigenvalue weighted by Gasteiger charge is 2.11. The number of amides is 1. The van der Waals surface area contributed by atoms with Gasteiger partial charge in [-0.05, 0) is 54.6 Å². The number of halogens is 2. The number of Topliss-reactive ketones (excluding diaryl/α,β-unsaturated/α-hetero) is 1. The summed E-state index contributed by atoms with van der Waals surface area (Å²) < 4.78 is 13.0. The SMILES string of the molecule is O=C(Nc1cccc(SCC(=O)c2ccccc2Cl)c1)c1ccc(F)cc1. The fourth-order valence-electron chi connectivity index (χ4n) is 2.38. The summed E-state index contributed by atoms with van der Waals surface area (Å²) in [6, 6.07) is 19.4. The zero-order chi connectivity index (χ0) is 19.2. The second-order valence-corrected chi connectivity index (χ2v) is 7.14. The third-order valence-electron chi connectivity index (χ3n) is 3.74. The Hall–Kier alpha value is -2.63. The summed E-state index contributed by atoms with van der Waals surface area (Å²) in [6.45, 7) is 0. The normalized spacial score (nSPS) is 10.4. The van der Waals surface area contributed by atoms with E-state index < -0.39 is 5.82 Å². The summed E-state index contributed by atoms with van der Waals surface area (Å²) in [7, 11) is 0. The van der Waals surface area contributed by atoms with Gasteiger partial charge in [0.15, 0.2) is 5.78 Å². The quantitative estimate of drug-likeness (QED) is 0.426. The lowest BCUT2D eigenvalue weighted by Gasteiger charge is -2.08. The first-order chi connectivity index (χ1) is 13.0. The molecule has 0 heterocycles. The molecule has 6 heteroatoms. The van der Waals surface area contributed by atoms with Gasteiger partial charge < -0.3 is 5.32 Å². The number of benzene rings is 3. The van der Waals surface area contributed by atoms with Crippen LogP contribution in [-0.2, 0) is 0 Å². The lowest BCUT2D eigenvalue weighted by Crippen LogP contribution is -2.11. The van der Waals surface area contributed by atoms with Crippen molar-refractivity contribution in [3.05, 3.63) is 94.8 Å². The fourth-order valence-corrected chi connectivity index (χ4v) is 3.46. The Morgan fingerprint density at radius 1 is 0.963 bits per heavy atom. The molecule has 0 radical (unpaired) electrons. The standard InChI is InChI=1S/C21H15ClFNO2S/c22-19-7-2-1-6-18(19)20(25)13-27-17-5-3-4-16(12-17)24-21(26)14-8-10-15(23)11-9-14/h1-12H,13H2,(H,24,26). The predicted molar refractivity (Wildman–Crippen MR) is 107 cm³/mol. The number of rotatable bonds is 6. The first kappa shape index (κ1) is 19.1. The Balaban J connectivity index is 1.63. The molecule has 1 amide bonds. The minimum atomic E-state index is -0.395. The largest absolute Gasteiger partial charge is 0.322 e. The number of carbonyl (C=O) groups is 2. The molecule has 3 aromatic carbocycles. The number of nitrogens with one attached hydrogen (secondary N) is 1. The molecule has 3 nitrogen and oxygen atoms in total. The number of carbonyl (C=O) groups excluding carboxylic acids is 2. The van der Waals surface area contributed by atoms with Gasteiger partial charge in [-0.25, -0.2) is 4.39 Å². The Labute approximate surface area is 165 Å². The van der Waals surface area contributed by atoms with Crippen molar-refractivity contribution in [1.82, 2.24) is 0 Å². The van der Waals surface area contributed by atoms with E-state index in [0.717, 1.165) is 4.90 Å². The highest BCUT2D eigenvalue weighted by atomic mass is 35.5. The molecule has 1 N–H and O–H groups in total. The predicted octanol–water partition coefficient (Wildman–Crippen LogP) is 5.71. The molecular formula is C21H15ClFNO2S. The summed E-state index contributed by atoms with van der Waals surface area (Å²) in [5, 5.41) is 3.20. The Kier molecular flexibility index (Phi) is 6.27. The highest BCUT2D eigenvalue weighted by Crippen LogP contribution is 2.24. The average molecular weight is 400 g/mol. The molecule has 3 aromatic rings. The van der Waals surface area contributed by atoms with Crippen LogP contribution >= 0.6 is 23.4 Å². The molecule has 136 valence electrons. The molecule has 0 aromatic heterocycles. The lowest BCUT2D eigenvalue weighted by atomic mass is 10.1. The molecule has 0 fully saturated rings. The summed E-state index contributed by atoms with van der Waals surface area (Å²) >= 11 is 7.41. The molecule has 0 aliphatic rings. The van der Waals surface area contributed by atoms with Crippen LogP contribution in [0.25, 0.3) is 0 Å². The van der Waals surface area contributed by atoms with Crippen LogP contribution < -0.4 is 5.32 Å². The van der Waals surface area contributed by atoms with Gasteiger partial charge >= 0.3 is 0 Å². The molecular weight excluding hydrogens is 385 g/mol. The van der Waals surface area contributed by atoms with Gasteiger partial charge in [0.05, 0.1) is 10.8 Å². The minimum Gasteiger partial charge on any atom is -0.322 e. The third-order valence-corrected chi connectivity index (χ3v) is 5.07. The van der Waals surface area contributed by atoms with Crippen molar-refractivity contribution in [2.75, 3.05) is 11.1 Å². The van der Waals surface area contributed by atoms with Crippen molar-refractivity contribution in [3.8, 4) is 0 Å². The van der Waals surface area contributed by atoms with Crippen LogP contribution in [0.3, 0.4) is 0 Å². The minimum absolute atomic E-state index is 0.0636. The molecule has 0 bridgehead atoms. The van der Waals surface area contributed by atoms with Crippen molar-refractivity contribution in [1.29, 1.82) is 0 Å². The molecule has 0 saturated carbocycles. The second-order valence-electron chi connectivity index (χ2n) is 5.68. The van der Waals surface area contributed by atoms with Gasteiger partial charge in [0.25, 0.3) is 5.91 Å². The molecule has 0 spiro atoms. The van der Waals surface area contributed by atoms with Gasteiger partial charge in [0.2, 0.25) is 0 Å². The van der Waals surface area contributed by atoms with Gasteiger partial charge in [-0.15, -0.1) is 11.8 Å². The van der Waals surface area contributed by atoms with Gasteiger partial charge in [-0.2, -0.15) is 0 Å². The van der Waals surface area contributed by atoms with Crippen molar-refractivity contribution in [2.24, 2.45) is 0 Å². The van der Waals surface area contributed by atoms with E-state index in [1.54, 1.807) is 42.5 Å². The van der Waals surface area contributed by atoms with Crippen molar-refractivity contribution in [3.63, 3.8) is 0 Å². The number of thioether (sulfide) groups is 1. The van der Waals surface area contributed by atoms with Crippen LogP contribution in [0.15, 0.2) is 77.7 Å². The molecule has 0 aliphatic heterocycles. The molecule has 0 saturated heterocycles. The van der Waals surface area contributed by atoms with Crippen LogP contribution in [0.2, 0.25) is 5.02 Å². The summed E-state index contributed by atoms with van der Waals surface area (Å²) in [4.78, 5) is 25.4. The highest BCUT2D eigenvalue weighted by molar-refractivity contribution is 8.00. The van der Waals surface area contributed by atoms with Crippen LogP contribution in [-0.4, -0.2) is 17.4 Å². The van der Waals surface area contributed by atoms with Gasteiger partial charge in [-0.3, -0.25) is 9.59 Å². The van der Waals surface area contributed by atoms with E-state index in [0.29, 0.717) is 21.8 Å². The summed E-state index contributed by atoms with van der Waals surface area (Å²) in [5.41, 5.74) is 1.45. The van der Waals surface area contributed by atoms with E-state index in [1.807, 2.05) is 6.07 Å². The van der Waals surface area contributed by atoms with Gasteiger partial charge in [-0.1, -0.05) is 29.8 Å². The lowest BCUT2D eigenvalue weighted by molar-refractivity contribution is 0.101. The second kappa shape index (κ2) is 8.84. The number of hydrogen-bond acceptors (Lipinski definition) is 3. The van der Waals surface area contributed by atoms with Crippen molar-refractivity contribution in [2.45, 2.75) is 4.90 Å². The van der Waals surface area contributed by atoms with Crippen LogP contribution in [0.5, 0.6) is 0 Å². The number of anilines is 1. The average Bonchev–Trinajstić information content (AvgIpc) is 2.67. The molecule has 3 rings (SSSR count). The van der Waals surface area contributed by atoms with E-state index in [1.165, 1.54) is 36.0 Å². The van der Waals surface area contributed by atoms with Gasteiger partial charge in [0, 0.05) is 21.7 Å². The monoisotopic (exact) mass is 399 g/mol. The zero-order valence-electron chi connectivity index (χ0n) is 14.1. The third kappa shape index (κ3) is 5.18. The number of ketones is 1. The van der Waals surface area contributed by atoms with Crippen LogP contribution in [0, 0.1) is 5.82 Å². The maximum Gasteiger partial charge on any atom is 0.255 e. The smallest absolute Gasteiger partial charge is 0.255 e. The van der Waals surface area contributed by atoms with Crippen LogP contribution in [0.4, 0.5) is 10.1 Å². The van der Waals surface area contributed by atoms with Crippen molar-refractivity contribution >= 4 is 40.7 Å². The summed E-state index contributed by atoms with van der Waals surface area (Å²) in [6.07, 6.45) is 0. The first-order valence-corrected chi connectivity index (χ1v) is 9.47. The van der Waals surface area contributed by atoms with E-state index in [-0.39, 0.29) is 17.4 Å². The van der Waals surface area contributed by atoms with Crippen molar-refractivity contribution < 1.29 is 14.0 Å². The maximum atomic E-state index is 13.0. The molecule has 27 heavy (non-hydrogen) atoms. The Morgan fingerprint density at radius 2 is 1.70 bits per heavy atom. The number of hydrogen-bond donors (Lipinski definition) is 1. The summed E-state index contributed by atoms with van der Waals surface area (Å²) in [5.74, 6) is -0.553. The molecule has 0 aliphatic carbocycles. The molecule has 0 unspecified atom stereocenters. The first-order valence-electron chi connectivity index (χ1n) is 8.10. The van der Waals surface area contributed by atoms with Gasteiger partial charge in [0.1, 0.15) is 5.82 Å². The molecule has 0 atom stereocenters. The Bertz CT molecular complexity index is 976. The van der Waals surface area contributed by atoms with E-state index in [9.17, 15) is 14.0 Å². The topological polar surface area (TPSA) is 46.2 Å². The van der Waals surface area contributed by atoms with E-state index >= 15 is 0 Å².